The molecule has 0 saturated carbocycles. The van der Waals surface area contributed by atoms with Crippen LogP contribution < -0.4 is 10.6 Å². The summed E-state index contributed by atoms with van der Waals surface area (Å²) in [6.07, 6.45) is -10.2. The number of anilines is 2. The highest BCUT2D eigenvalue weighted by Gasteiger charge is 2.71. The maximum atomic E-state index is 13.1. The fourth-order valence-electron chi connectivity index (χ4n) is 3.42. The van der Waals surface area contributed by atoms with E-state index in [4.69, 9.17) is 5.73 Å². The van der Waals surface area contributed by atoms with Crippen LogP contribution in [0.25, 0.3) is 0 Å². The number of nitrogen functional groups attached to an aromatic ring is 1. The number of nitrogens with two attached hydrogens (primary N) is 1. The number of nitrogens with zero attached hydrogens (tertiary/aromatic N) is 3. The molecule has 0 radical (unpaired) electrons. The van der Waals surface area contributed by atoms with Crippen LogP contribution in [-0.2, 0) is 5.60 Å². The van der Waals surface area contributed by atoms with Gasteiger partial charge in [-0.15, -0.1) is 5.92 Å². The third-order valence-electron chi connectivity index (χ3n) is 5.08. The first-order chi connectivity index (χ1) is 15.4. The Morgan fingerprint density at radius 2 is 1.67 bits per heavy atom. The van der Waals surface area contributed by atoms with Crippen LogP contribution in [0.15, 0.2) is 47.5 Å². The molecule has 1 aliphatic heterocycles. The van der Waals surface area contributed by atoms with Crippen molar-refractivity contribution in [3.8, 4) is 11.8 Å². The van der Waals surface area contributed by atoms with Gasteiger partial charge in [-0.3, -0.25) is 0 Å². The van der Waals surface area contributed by atoms with Crippen molar-refractivity contribution in [2.24, 2.45) is 0 Å². The number of piperazine rings is 1. The van der Waals surface area contributed by atoms with E-state index in [1.807, 2.05) is 10.4 Å². The highest BCUT2D eigenvalue weighted by molar-refractivity contribution is 7.97. The lowest BCUT2D eigenvalue weighted by Crippen LogP contribution is -2.54. The summed E-state index contributed by atoms with van der Waals surface area (Å²) in [5, 5.41) is 9.58. The monoisotopic (exact) mass is 490 g/mol. The molecule has 3 rings (SSSR count). The van der Waals surface area contributed by atoms with Gasteiger partial charge in [0.2, 0.25) is 0 Å². The predicted molar refractivity (Wildman–Crippen MR) is 113 cm³/mol. The van der Waals surface area contributed by atoms with Gasteiger partial charge in [-0.25, -0.2) is 9.29 Å². The third kappa shape index (κ3) is 5.15. The van der Waals surface area contributed by atoms with Crippen molar-refractivity contribution in [2.75, 3.05) is 30.3 Å². The summed E-state index contributed by atoms with van der Waals surface area (Å²) in [7, 11) is 0. The molecule has 1 aliphatic rings. The number of benzene rings is 1. The van der Waals surface area contributed by atoms with E-state index in [1.54, 1.807) is 24.1 Å². The van der Waals surface area contributed by atoms with Crippen LogP contribution in [0, 0.1) is 11.8 Å². The first-order valence-corrected chi connectivity index (χ1v) is 10.4. The van der Waals surface area contributed by atoms with E-state index in [9.17, 15) is 31.4 Å². The minimum absolute atomic E-state index is 0.354. The van der Waals surface area contributed by atoms with Crippen LogP contribution in [0.1, 0.15) is 12.5 Å². The Morgan fingerprint density at radius 1 is 1.03 bits per heavy atom. The first-order valence-electron chi connectivity index (χ1n) is 9.66. The number of rotatable bonds is 4. The smallest absolute Gasteiger partial charge is 0.384 e. The van der Waals surface area contributed by atoms with Crippen molar-refractivity contribution in [1.29, 1.82) is 0 Å². The van der Waals surface area contributed by atoms with Crippen LogP contribution in [0.3, 0.4) is 0 Å². The van der Waals surface area contributed by atoms with Gasteiger partial charge in [-0.2, -0.15) is 26.3 Å². The quantitative estimate of drug-likeness (QED) is 0.381. The summed E-state index contributed by atoms with van der Waals surface area (Å²) < 4.78 is 80.8. The maximum absolute atomic E-state index is 13.1. The molecular weight excluding hydrogens is 470 g/mol. The number of pyridine rings is 1. The van der Waals surface area contributed by atoms with Crippen molar-refractivity contribution in [3.63, 3.8) is 0 Å². The second kappa shape index (κ2) is 9.32. The molecule has 12 heteroatoms. The third-order valence-corrected chi connectivity index (χ3v) is 6.13. The van der Waals surface area contributed by atoms with Gasteiger partial charge in [0.25, 0.3) is 5.60 Å². The van der Waals surface area contributed by atoms with Crippen molar-refractivity contribution < 1.29 is 31.4 Å². The normalized spacial score (nSPS) is 18.1. The highest BCUT2D eigenvalue weighted by Crippen LogP contribution is 2.50. The molecule has 0 amide bonds. The minimum Gasteiger partial charge on any atom is -0.384 e. The molecule has 0 spiro atoms. The molecule has 33 heavy (non-hydrogen) atoms. The van der Waals surface area contributed by atoms with Gasteiger partial charge in [0.05, 0.1) is 0 Å². The maximum Gasteiger partial charge on any atom is 0.430 e. The van der Waals surface area contributed by atoms with Gasteiger partial charge in [-0.1, -0.05) is 18.1 Å². The largest absolute Gasteiger partial charge is 0.430 e. The van der Waals surface area contributed by atoms with Crippen LogP contribution in [-0.4, -0.2) is 52.4 Å². The van der Waals surface area contributed by atoms with E-state index in [0.29, 0.717) is 43.3 Å². The van der Waals surface area contributed by atoms with Crippen LogP contribution in [0.4, 0.5) is 37.8 Å². The molecule has 1 fully saturated rings. The van der Waals surface area contributed by atoms with Crippen molar-refractivity contribution >= 4 is 23.5 Å². The predicted octanol–water partition coefficient (Wildman–Crippen LogP) is 4.20. The zero-order chi connectivity index (χ0) is 24.4. The van der Waals surface area contributed by atoms with Crippen LogP contribution in [0.5, 0.6) is 0 Å². The van der Waals surface area contributed by atoms with E-state index in [1.165, 1.54) is 11.9 Å². The molecule has 3 N–H and O–H groups in total. The number of alkyl halides is 6. The Balaban J connectivity index is 1.81. The Labute approximate surface area is 190 Å². The summed E-state index contributed by atoms with van der Waals surface area (Å²) in [6.45, 7) is 3.08. The topological polar surface area (TPSA) is 65.6 Å². The minimum atomic E-state index is -5.93. The van der Waals surface area contributed by atoms with Crippen LogP contribution >= 0.6 is 11.9 Å². The molecule has 1 aromatic carbocycles. The molecule has 0 aliphatic carbocycles. The van der Waals surface area contributed by atoms with Gasteiger partial charge in [-0.05, 0) is 43.1 Å². The van der Waals surface area contributed by atoms with Crippen molar-refractivity contribution in [2.45, 2.75) is 35.8 Å². The van der Waals surface area contributed by atoms with Crippen molar-refractivity contribution in [3.05, 3.63) is 48.2 Å². The van der Waals surface area contributed by atoms with E-state index in [2.05, 4.69) is 16.8 Å². The van der Waals surface area contributed by atoms with Crippen LogP contribution in [0.2, 0.25) is 0 Å². The molecule has 5 nitrogen and oxygen atoms in total. The lowest BCUT2D eigenvalue weighted by Gasteiger charge is -2.40. The average molecular weight is 490 g/mol. The van der Waals surface area contributed by atoms with E-state index >= 15 is 0 Å². The van der Waals surface area contributed by atoms with Gasteiger partial charge in [0, 0.05) is 42.0 Å². The molecule has 0 unspecified atom stereocenters. The van der Waals surface area contributed by atoms with Gasteiger partial charge < -0.3 is 15.7 Å². The van der Waals surface area contributed by atoms with E-state index < -0.39 is 23.5 Å². The molecular formula is C21H20F6N4OS. The SMILES string of the molecule is CC#C[C@@H]1CN(Sc2ccc(N)nc2)CCN1c1ccc(C(O)(C(F)(F)F)C(F)(F)F)cc1. The Morgan fingerprint density at radius 3 is 2.18 bits per heavy atom. The summed E-state index contributed by atoms with van der Waals surface area (Å²) in [5.74, 6) is 6.23. The highest BCUT2D eigenvalue weighted by atomic mass is 32.2. The second-order valence-corrected chi connectivity index (χ2v) is 8.42. The molecule has 2 aromatic rings. The average Bonchev–Trinajstić information content (AvgIpc) is 2.74. The molecule has 2 heterocycles. The summed E-state index contributed by atoms with van der Waals surface area (Å²) in [4.78, 5) is 6.71. The lowest BCUT2D eigenvalue weighted by molar-refractivity contribution is -0.376. The molecule has 1 atom stereocenters. The fourth-order valence-corrected chi connectivity index (χ4v) is 4.33. The van der Waals surface area contributed by atoms with E-state index in [-0.39, 0.29) is 6.04 Å². The van der Waals surface area contributed by atoms with Crippen molar-refractivity contribution in [1.82, 2.24) is 9.29 Å². The lowest BCUT2D eigenvalue weighted by atomic mass is 9.92. The Hall–Kier alpha value is -2.62. The molecule has 0 bridgehead atoms. The zero-order valence-corrected chi connectivity index (χ0v) is 18.1. The first kappa shape index (κ1) is 25.0. The Bertz CT molecular complexity index is 1000. The second-order valence-electron chi connectivity index (χ2n) is 7.25. The summed E-state index contributed by atoms with van der Waals surface area (Å²) >= 11 is 1.45. The van der Waals surface area contributed by atoms with Gasteiger partial charge in [0.1, 0.15) is 11.9 Å². The summed E-state index contributed by atoms with van der Waals surface area (Å²) in [6, 6.07) is 6.70. The molecule has 178 valence electrons. The molecule has 1 saturated heterocycles. The summed E-state index contributed by atoms with van der Waals surface area (Å²) in [5.41, 5.74) is -0.262. The standard InChI is InChI=1S/C21H20F6N4OS/c1-2-3-16-13-30(33-17-8-9-18(28)29-12-17)10-11-31(16)15-6-4-14(5-7-15)19(32,20(22,23)24)21(25,26)27/h4-9,12,16,32H,10-11,13H2,1H3,(H2,28,29)/t16-/m1/s1. The molecule has 1 aromatic heterocycles. The number of aromatic nitrogens is 1. The zero-order valence-electron chi connectivity index (χ0n) is 17.3. The number of aliphatic hydroxyl groups is 1. The van der Waals surface area contributed by atoms with E-state index in [0.717, 1.165) is 17.0 Å². The van der Waals surface area contributed by atoms with Gasteiger partial charge >= 0.3 is 12.4 Å². The Kier molecular flexibility index (Phi) is 7.07. The number of hydrogen-bond donors (Lipinski definition) is 2. The number of hydrogen-bond acceptors (Lipinski definition) is 6. The fraction of sp³-hybridized carbons (Fsp3) is 0.381. The number of halogens is 6. The van der Waals surface area contributed by atoms with Gasteiger partial charge in [0.15, 0.2) is 0 Å².